The Bertz CT molecular complexity index is 363. The van der Waals surface area contributed by atoms with Crippen LogP contribution in [0.3, 0.4) is 0 Å². The van der Waals surface area contributed by atoms with Crippen molar-refractivity contribution in [2.24, 2.45) is 0 Å². The minimum Gasteiger partial charge on any atom is -0.476 e. The summed E-state index contributed by atoms with van der Waals surface area (Å²) in [4.78, 5) is 14.2. The minimum atomic E-state index is -1.13. The van der Waals surface area contributed by atoms with E-state index in [0.29, 0.717) is 0 Å². The zero-order valence-corrected chi connectivity index (χ0v) is 8.01. The first-order valence-corrected chi connectivity index (χ1v) is 4.80. The predicted octanol–water partition coefficient (Wildman–Crippen LogP) is 0.698. The summed E-state index contributed by atoms with van der Waals surface area (Å²) in [5.74, 6) is -1.13. The molecular formula is C9H12N2O4. The number of nitrogens with one attached hydrogen (secondary N) is 1. The van der Waals surface area contributed by atoms with E-state index in [-0.39, 0.29) is 17.8 Å². The number of anilines is 1. The van der Waals surface area contributed by atoms with E-state index < -0.39 is 12.1 Å². The Balaban J connectivity index is 2.01. The lowest BCUT2D eigenvalue weighted by atomic mass is 10.2. The smallest absolute Gasteiger partial charge is 0.357 e. The topological polar surface area (TPSA) is 95.6 Å². The van der Waals surface area contributed by atoms with Gasteiger partial charge in [0, 0.05) is 0 Å². The molecule has 6 nitrogen and oxygen atoms in total. The summed E-state index contributed by atoms with van der Waals surface area (Å²) in [5, 5.41) is 21.0. The number of carboxylic acid groups (broad SMARTS) is 1. The number of carbonyl (C=O) groups is 1. The maximum absolute atomic E-state index is 10.5. The van der Waals surface area contributed by atoms with Crippen molar-refractivity contribution < 1.29 is 19.4 Å². The predicted molar refractivity (Wildman–Crippen MR) is 50.7 cm³/mol. The van der Waals surface area contributed by atoms with Crippen molar-refractivity contribution in [1.29, 1.82) is 0 Å². The largest absolute Gasteiger partial charge is 0.476 e. The van der Waals surface area contributed by atoms with Crippen LogP contribution < -0.4 is 5.32 Å². The molecule has 0 bridgehead atoms. The summed E-state index contributed by atoms with van der Waals surface area (Å²) in [5.41, 5.74) is -0.134. The molecule has 2 atom stereocenters. The number of nitrogens with zero attached hydrogens (tertiary/aromatic N) is 1. The van der Waals surface area contributed by atoms with Crippen LogP contribution in [-0.2, 0) is 0 Å². The van der Waals surface area contributed by atoms with Crippen LogP contribution in [-0.4, -0.2) is 33.3 Å². The van der Waals surface area contributed by atoms with Crippen LogP contribution in [0.15, 0.2) is 10.7 Å². The molecule has 1 heterocycles. The third-order valence-electron chi connectivity index (χ3n) is 2.51. The van der Waals surface area contributed by atoms with Crippen molar-refractivity contribution in [1.82, 2.24) is 4.98 Å². The summed E-state index contributed by atoms with van der Waals surface area (Å²) in [7, 11) is 0. The molecule has 15 heavy (non-hydrogen) atoms. The molecule has 1 aromatic heterocycles. The Hall–Kier alpha value is -1.56. The number of rotatable bonds is 3. The average Bonchev–Trinajstić information content (AvgIpc) is 2.77. The van der Waals surface area contributed by atoms with Gasteiger partial charge in [-0.1, -0.05) is 0 Å². The van der Waals surface area contributed by atoms with Crippen LogP contribution in [0, 0.1) is 0 Å². The van der Waals surface area contributed by atoms with E-state index in [9.17, 15) is 9.90 Å². The van der Waals surface area contributed by atoms with E-state index in [1.54, 1.807) is 0 Å². The lowest BCUT2D eigenvalue weighted by molar-refractivity contribution is 0.0690. The lowest BCUT2D eigenvalue weighted by Crippen LogP contribution is -2.28. The van der Waals surface area contributed by atoms with Crippen molar-refractivity contribution in [2.75, 3.05) is 5.32 Å². The maximum Gasteiger partial charge on any atom is 0.357 e. The second kappa shape index (κ2) is 3.90. The van der Waals surface area contributed by atoms with E-state index in [2.05, 4.69) is 10.3 Å². The summed E-state index contributed by atoms with van der Waals surface area (Å²) in [6.45, 7) is 0. The van der Waals surface area contributed by atoms with Crippen molar-refractivity contribution in [2.45, 2.75) is 31.4 Å². The average molecular weight is 212 g/mol. The molecule has 82 valence electrons. The Morgan fingerprint density at radius 1 is 1.60 bits per heavy atom. The Kier molecular flexibility index (Phi) is 2.59. The van der Waals surface area contributed by atoms with Gasteiger partial charge in [0.2, 0.25) is 0 Å². The third-order valence-corrected chi connectivity index (χ3v) is 2.51. The van der Waals surface area contributed by atoms with Gasteiger partial charge >= 0.3 is 5.97 Å². The van der Waals surface area contributed by atoms with E-state index >= 15 is 0 Å². The number of hydrogen-bond donors (Lipinski definition) is 3. The molecule has 1 aliphatic carbocycles. The second-order valence-corrected chi connectivity index (χ2v) is 3.59. The number of oxazole rings is 1. The van der Waals surface area contributed by atoms with E-state index in [4.69, 9.17) is 9.52 Å². The van der Waals surface area contributed by atoms with Crippen LogP contribution in [0.4, 0.5) is 6.01 Å². The number of carboxylic acids is 1. The van der Waals surface area contributed by atoms with Gasteiger partial charge in [-0.15, -0.1) is 0 Å². The van der Waals surface area contributed by atoms with Gasteiger partial charge in [-0.2, -0.15) is 4.98 Å². The molecule has 0 aliphatic heterocycles. The summed E-state index contributed by atoms with van der Waals surface area (Å²) in [6.07, 6.45) is 3.21. The van der Waals surface area contributed by atoms with Crippen LogP contribution in [0.5, 0.6) is 0 Å². The lowest BCUT2D eigenvalue weighted by Gasteiger charge is -2.13. The highest BCUT2D eigenvalue weighted by molar-refractivity contribution is 5.85. The molecule has 3 N–H and O–H groups in total. The number of aromatic carboxylic acids is 1. The fraction of sp³-hybridized carbons (Fsp3) is 0.556. The molecule has 1 aliphatic rings. The Morgan fingerprint density at radius 2 is 2.40 bits per heavy atom. The third kappa shape index (κ3) is 2.10. The quantitative estimate of drug-likeness (QED) is 0.682. The molecule has 0 amide bonds. The molecule has 2 unspecified atom stereocenters. The molecule has 0 aromatic carbocycles. The zero-order chi connectivity index (χ0) is 10.8. The highest BCUT2D eigenvalue weighted by Crippen LogP contribution is 2.22. The highest BCUT2D eigenvalue weighted by Gasteiger charge is 2.26. The molecule has 1 aromatic rings. The van der Waals surface area contributed by atoms with Crippen LogP contribution >= 0.6 is 0 Å². The Morgan fingerprint density at radius 3 is 2.93 bits per heavy atom. The summed E-state index contributed by atoms with van der Waals surface area (Å²) in [6, 6.07) is 0.0589. The van der Waals surface area contributed by atoms with Gasteiger partial charge in [0.15, 0.2) is 5.69 Å². The molecular weight excluding hydrogens is 200 g/mol. The molecule has 0 radical (unpaired) electrons. The molecule has 0 saturated heterocycles. The summed E-state index contributed by atoms with van der Waals surface area (Å²) < 4.78 is 4.92. The van der Waals surface area contributed by atoms with Gasteiger partial charge in [-0.3, -0.25) is 0 Å². The second-order valence-electron chi connectivity index (χ2n) is 3.59. The first-order valence-electron chi connectivity index (χ1n) is 4.80. The standard InChI is InChI=1S/C9H12N2O4/c12-7-3-1-2-5(7)10-9-11-6(4-15-9)8(13)14/h4-5,7,12H,1-3H2,(H,10,11)(H,13,14). The number of aromatic nitrogens is 1. The zero-order valence-electron chi connectivity index (χ0n) is 8.01. The fourth-order valence-corrected chi connectivity index (χ4v) is 1.71. The van der Waals surface area contributed by atoms with Crippen molar-refractivity contribution in [3.05, 3.63) is 12.0 Å². The first-order chi connectivity index (χ1) is 7.16. The molecule has 1 fully saturated rings. The molecule has 2 rings (SSSR count). The van der Waals surface area contributed by atoms with Gasteiger partial charge in [-0.25, -0.2) is 4.79 Å². The number of hydrogen-bond acceptors (Lipinski definition) is 5. The van der Waals surface area contributed by atoms with Gasteiger partial charge < -0.3 is 19.9 Å². The normalized spacial score (nSPS) is 25.4. The van der Waals surface area contributed by atoms with Crippen LogP contribution in [0.25, 0.3) is 0 Å². The number of aliphatic hydroxyl groups excluding tert-OH is 1. The molecule has 6 heteroatoms. The minimum absolute atomic E-state index is 0.0923. The number of aliphatic hydroxyl groups is 1. The fourth-order valence-electron chi connectivity index (χ4n) is 1.71. The first kappa shape index (κ1) is 9.97. The highest BCUT2D eigenvalue weighted by atomic mass is 16.4. The van der Waals surface area contributed by atoms with Crippen molar-refractivity contribution >= 4 is 12.0 Å². The molecule has 0 spiro atoms. The van der Waals surface area contributed by atoms with Crippen molar-refractivity contribution in [3.8, 4) is 0 Å². The maximum atomic E-state index is 10.5. The van der Waals surface area contributed by atoms with E-state index in [0.717, 1.165) is 25.5 Å². The summed E-state index contributed by atoms with van der Waals surface area (Å²) >= 11 is 0. The van der Waals surface area contributed by atoms with Gasteiger partial charge in [0.1, 0.15) is 6.26 Å². The monoisotopic (exact) mass is 212 g/mol. The van der Waals surface area contributed by atoms with E-state index in [1.165, 1.54) is 0 Å². The van der Waals surface area contributed by atoms with Gasteiger partial charge in [0.25, 0.3) is 6.01 Å². The van der Waals surface area contributed by atoms with Gasteiger partial charge in [-0.05, 0) is 19.3 Å². The van der Waals surface area contributed by atoms with Crippen LogP contribution in [0.1, 0.15) is 29.8 Å². The van der Waals surface area contributed by atoms with Gasteiger partial charge in [0.05, 0.1) is 12.1 Å². The Labute approximate surface area is 85.9 Å². The van der Waals surface area contributed by atoms with E-state index in [1.807, 2.05) is 0 Å². The molecule has 1 saturated carbocycles. The SMILES string of the molecule is O=C(O)c1coc(NC2CCCC2O)n1. The van der Waals surface area contributed by atoms with Crippen molar-refractivity contribution in [3.63, 3.8) is 0 Å². The van der Waals surface area contributed by atoms with Crippen LogP contribution in [0.2, 0.25) is 0 Å².